The summed E-state index contributed by atoms with van der Waals surface area (Å²) in [5.41, 5.74) is 1.69. The van der Waals surface area contributed by atoms with Crippen molar-refractivity contribution in [2.75, 3.05) is 27.9 Å². The number of furan rings is 1. The number of nitrogens with zero attached hydrogens (tertiary/aromatic N) is 1. The van der Waals surface area contributed by atoms with E-state index in [0.717, 1.165) is 24.2 Å². The minimum atomic E-state index is -2.50. The van der Waals surface area contributed by atoms with Crippen molar-refractivity contribution in [3.05, 3.63) is 47.5 Å². The molecule has 348 valence electrons. The van der Waals surface area contributed by atoms with E-state index in [9.17, 15) is 29.4 Å². The van der Waals surface area contributed by atoms with Gasteiger partial charge in [0, 0.05) is 52.0 Å². The summed E-state index contributed by atoms with van der Waals surface area (Å²) in [5, 5.41) is 23.9. The molecule has 3 aliphatic heterocycles. The van der Waals surface area contributed by atoms with Crippen LogP contribution in [-0.2, 0) is 54.2 Å². The molecule has 0 spiro atoms. The van der Waals surface area contributed by atoms with Crippen molar-refractivity contribution in [3.8, 4) is 0 Å². The molecule has 2 saturated heterocycles. The topological polar surface area (TPSA) is 180 Å². The number of allylic oxidation sites excluding steroid dienone is 3. The summed E-state index contributed by atoms with van der Waals surface area (Å²) < 4.78 is 41.9. The van der Waals surface area contributed by atoms with E-state index in [2.05, 4.69) is 13.0 Å². The van der Waals surface area contributed by atoms with E-state index < -0.39 is 77.8 Å². The molecule has 5 rings (SSSR count). The van der Waals surface area contributed by atoms with E-state index >= 15 is 0 Å². The van der Waals surface area contributed by atoms with Gasteiger partial charge in [-0.25, -0.2) is 4.79 Å². The number of esters is 1. The molecule has 14 heteroatoms. The summed E-state index contributed by atoms with van der Waals surface area (Å²) in [7, 11) is 4.73. The first-order valence-electron chi connectivity index (χ1n) is 22.8. The van der Waals surface area contributed by atoms with Crippen molar-refractivity contribution in [3.63, 3.8) is 0 Å². The highest BCUT2D eigenvalue weighted by molar-refractivity contribution is 6.39. The zero-order chi connectivity index (χ0) is 45.3. The van der Waals surface area contributed by atoms with Crippen LogP contribution in [0.1, 0.15) is 118 Å². The minimum absolute atomic E-state index is 0.0287. The third kappa shape index (κ3) is 11.9. The van der Waals surface area contributed by atoms with Crippen molar-refractivity contribution >= 4 is 23.4 Å². The fraction of sp³-hybridized carbons (Fsp3) is 0.750. The predicted molar refractivity (Wildman–Crippen MR) is 229 cm³/mol. The van der Waals surface area contributed by atoms with Crippen LogP contribution in [-0.4, -0.2) is 121 Å². The van der Waals surface area contributed by atoms with Gasteiger partial charge < -0.3 is 48.0 Å². The second-order valence-corrected chi connectivity index (χ2v) is 18.5. The fourth-order valence-corrected chi connectivity index (χ4v) is 10.1. The van der Waals surface area contributed by atoms with Gasteiger partial charge in [0.2, 0.25) is 5.79 Å². The second-order valence-electron chi connectivity index (χ2n) is 18.5. The van der Waals surface area contributed by atoms with E-state index in [1.807, 2.05) is 39.0 Å². The monoisotopic (exact) mass is 872 g/mol. The summed E-state index contributed by atoms with van der Waals surface area (Å²) in [6.45, 7) is 11.7. The molecule has 1 aromatic rings. The Balaban J connectivity index is 1.48. The molecule has 3 fully saturated rings. The molecular weight excluding hydrogens is 799 g/mol. The molecule has 1 saturated carbocycles. The maximum atomic E-state index is 14.5. The van der Waals surface area contributed by atoms with Crippen molar-refractivity contribution in [1.29, 1.82) is 0 Å². The number of carbonyl (C=O) groups is 4. The normalized spacial score (nSPS) is 38.7. The molecule has 62 heavy (non-hydrogen) atoms. The first-order valence-corrected chi connectivity index (χ1v) is 22.8. The van der Waals surface area contributed by atoms with Crippen LogP contribution in [0, 0.1) is 29.6 Å². The van der Waals surface area contributed by atoms with Crippen molar-refractivity contribution < 1.29 is 62.2 Å². The SMILES string of the molecule is CC[C@@H]1/C=C(\C)C[C@H](C)C[C@H](OC)[C@H]2O[C@@](O)(C(=O)C(=O)N3CCCC[C@H]3C(=O)O[C@H](/C(C)=C/[C@H]3CC[C@H](OCc4ccco4)[C@@H](OC)C3)[C@H](C)[C@@H](O)CC1=O)[C@H](C)C[C@@H]2OC. The zero-order valence-corrected chi connectivity index (χ0v) is 38.4. The van der Waals surface area contributed by atoms with E-state index in [4.69, 9.17) is 32.8 Å². The van der Waals surface area contributed by atoms with Crippen molar-refractivity contribution in [2.45, 2.75) is 173 Å². The lowest BCUT2D eigenvalue weighted by Crippen LogP contribution is -2.64. The van der Waals surface area contributed by atoms with Gasteiger partial charge >= 0.3 is 5.97 Å². The molecule has 1 amide bonds. The van der Waals surface area contributed by atoms with Gasteiger partial charge in [0.15, 0.2) is 0 Å². The minimum Gasteiger partial charge on any atom is -0.467 e. The molecule has 1 aliphatic carbocycles. The Kier molecular flexibility index (Phi) is 18.1. The number of piperidine rings is 1. The lowest BCUT2D eigenvalue weighted by Gasteiger charge is -2.47. The Bertz CT molecular complexity index is 1710. The van der Waals surface area contributed by atoms with Crippen LogP contribution in [0.4, 0.5) is 0 Å². The molecule has 2 bridgehead atoms. The lowest BCUT2D eigenvalue weighted by molar-refractivity contribution is -0.302. The smallest absolute Gasteiger partial charge is 0.329 e. The number of aliphatic hydroxyl groups is 2. The van der Waals surface area contributed by atoms with E-state index in [1.54, 1.807) is 27.2 Å². The maximum absolute atomic E-state index is 14.5. The number of methoxy groups -OCH3 is 3. The number of amides is 1. The van der Waals surface area contributed by atoms with Gasteiger partial charge in [0.25, 0.3) is 11.7 Å². The van der Waals surface area contributed by atoms with E-state index in [1.165, 1.54) is 19.1 Å². The van der Waals surface area contributed by atoms with Crippen LogP contribution in [0.5, 0.6) is 0 Å². The number of Topliss-reactive ketones (excluding diaryl/α,β-unsaturated/α-hetero) is 2. The number of rotatable bonds is 9. The largest absolute Gasteiger partial charge is 0.467 e. The average molecular weight is 872 g/mol. The van der Waals surface area contributed by atoms with Crippen molar-refractivity contribution in [2.24, 2.45) is 29.6 Å². The van der Waals surface area contributed by atoms with Crippen LogP contribution >= 0.6 is 0 Å². The zero-order valence-electron chi connectivity index (χ0n) is 38.4. The molecule has 0 radical (unpaired) electrons. The quantitative estimate of drug-likeness (QED) is 0.161. The van der Waals surface area contributed by atoms with E-state index in [0.29, 0.717) is 50.7 Å². The highest BCUT2D eigenvalue weighted by Crippen LogP contribution is 2.39. The van der Waals surface area contributed by atoms with Gasteiger partial charge in [-0.2, -0.15) is 0 Å². The van der Waals surface area contributed by atoms with E-state index in [-0.39, 0.29) is 55.6 Å². The molecular formula is C48H73NO13. The van der Waals surface area contributed by atoms with Gasteiger partial charge in [-0.3, -0.25) is 14.4 Å². The van der Waals surface area contributed by atoms with Gasteiger partial charge in [-0.1, -0.05) is 45.4 Å². The Hall–Kier alpha value is -3.24. The molecule has 4 aliphatic rings. The Morgan fingerprint density at radius 2 is 1.65 bits per heavy atom. The Morgan fingerprint density at radius 1 is 0.935 bits per heavy atom. The van der Waals surface area contributed by atoms with Gasteiger partial charge in [-0.05, 0) is 108 Å². The van der Waals surface area contributed by atoms with Crippen LogP contribution < -0.4 is 0 Å². The highest BCUT2D eigenvalue weighted by atomic mass is 16.7. The Morgan fingerprint density at radius 3 is 2.31 bits per heavy atom. The first kappa shape index (κ1) is 49.8. The molecule has 2 N–H and O–H groups in total. The van der Waals surface area contributed by atoms with Crippen LogP contribution in [0.15, 0.2) is 46.1 Å². The number of cyclic esters (lactones) is 1. The molecule has 0 unspecified atom stereocenters. The van der Waals surface area contributed by atoms with Gasteiger partial charge in [0.05, 0.1) is 36.8 Å². The lowest BCUT2D eigenvalue weighted by atomic mass is 9.81. The first-order chi connectivity index (χ1) is 29.5. The maximum Gasteiger partial charge on any atom is 0.329 e. The second kappa shape index (κ2) is 22.6. The number of fused-ring (bicyclic) bond motifs is 3. The van der Waals surface area contributed by atoms with Crippen LogP contribution in [0.2, 0.25) is 0 Å². The van der Waals surface area contributed by atoms with Crippen LogP contribution in [0.25, 0.3) is 0 Å². The third-order valence-electron chi connectivity index (χ3n) is 13.9. The number of ketones is 2. The molecule has 4 heterocycles. The summed E-state index contributed by atoms with van der Waals surface area (Å²) in [4.78, 5) is 58.2. The molecule has 14 nitrogen and oxygen atoms in total. The molecule has 0 aromatic carbocycles. The number of hydrogen-bond acceptors (Lipinski definition) is 13. The fourth-order valence-electron chi connectivity index (χ4n) is 10.1. The predicted octanol–water partition coefficient (Wildman–Crippen LogP) is 6.29. The Labute approximate surface area is 368 Å². The number of hydrogen-bond donors (Lipinski definition) is 2. The number of ether oxygens (including phenoxy) is 6. The molecule has 14 atom stereocenters. The molecule has 1 aromatic heterocycles. The van der Waals surface area contributed by atoms with Crippen molar-refractivity contribution in [1.82, 2.24) is 4.90 Å². The average Bonchev–Trinajstić information content (AvgIpc) is 3.79. The summed E-state index contributed by atoms with van der Waals surface area (Å²) in [6.07, 6.45) is 6.34. The summed E-state index contributed by atoms with van der Waals surface area (Å²) >= 11 is 0. The van der Waals surface area contributed by atoms with Gasteiger partial charge in [0.1, 0.15) is 36.4 Å². The standard InChI is InChI=1S/C48H73NO13/c1-10-34-21-28(2)20-29(3)22-41(57-8)44-42(58-9)24-31(5)48(55,62-44)45(52)46(53)49-18-12-11-15-36(49)47(54)61-43(32(6)37(50)26-38(34)51)30(4)23-33-16-17-39(40(25-33)56-7)60-27-35-14-13-19-59-35/h13-14,19,21,23,29,31-34,36-37,39-44,50,55H,10-12,15-18,20,22,24-27H2,1-9H3/b28-21+,30-23+/t29-,31+,32+,33+,34+,36-,37-,39-,40-,41-,42-,43+,44+,48+/m0/s1. The summed E-state index contributed by atoms with van der Waals surface area (Å²) in [6, 6.07) is 2.55. The summed E-state index contributed by atoms with van der Waals surface area (Å²) in [5.74, 6) is -6.73. The number of carbonyl (C=O) groups excluding carboxylic acids is 4. The third-order valence-corrected chi connectivity index (χ3v) is 13.9. The van der Waals surface area contributed by atoms with Gasteiger partial charge in [-0.15, -0.1) is 0 Å². The number of aliphatic hydroxyl groups excluding tert-OH is 1. The van der Waals surface area contributed by atoms with Crippen LogP contribution in [0.3, 0.4) is 0 Å². The highest BCUT2D eigenvalue weighted by Gasteiger charge is 2.56.